The highest BCUT2D eigenvalue weighted by Crippen LogP contribution is 2.42. The van der Waals surface area contributed by atoms with Crippen LogP contribution >= 0.6 is 11.6 Å². The van der Waals surface area contributed by atoms with Gasteiger partial charge in [0.05, 0.1) is 5.69 Å². The van der Waals surface area contributed by atoms with E-state index in [1.807, 2.05) is 12.1 Å². The second-order valence-corrected chi connectivity index (χ2v) is 11.2. The van der Waals surface area contributed by atoms with Gasteiger partial charge in [-0.3, -0.25) is 0 Å². The molecule has 0 radical (unpaired) electrons. The Kier molecular flexibility index (Phi) is 7.53. The molecule has 37 heavy (non-hydrogen) atoms. The van der Waals surface area contributed by atoms with Crippen LogP contribution < -0.4 is 4.90 Å². The first-order valence-corrected chi connectivity index (χ1v) is 14.2. The molecule has 0 saturated carbocycles. The molecule has 5 rings (SSSR count). The van der Waals surface area contributed by atoms with Gasteiger partial charge in [-0.05, 0) is 87.6 Å². The Hall–Kier alpha value is -2.91. The van der Waals surface area contributed by atoms with Crippen LogP contribution in [0.15, 0.2) is 72.5 Å². The molecule has 0 spiro atoms. The van der Waals surface area contributed by atoms with Crippen LogP contribution in [0.2, 0.25) is 5.02 Å². The van der Waals surface area contributed by atoms with E-state index in [0.29, 0.717) is 12.0 Å². The van der Waals surface area contributed by atoms with Gasteiger partial charge in [-0.2, -0.15) is 0 Å². The second kappa shape index (κ2) is 10.8. The molecule has 194 valence electrons. The Morgan fingerprint density at radius 1 is 0.919 bits per heavy atom. The average molecular weight is 514 g/mol. The van der Waals surface area contributed by atoms with E-state index >= 15 is 0 Å². The normalized spacial score (nSPS) is 18.0. The smallest absolute Gasteiger partial charge is 0.0567 e. The summed E-state index contributed by atoms with van der Waals surface area (Å²) in [7, 11) is 0. The number of hydrogen-bond acceptors (Lipinski definition) is 2. The summed E-state index contributed by atoms with van der Waals surface area (Å²) in [6.07, 6.45) is 9.28. The van der Waals surface area contributed by atoms with Gasteiger partial charge >= 0.3 is 0 Å². The minimum absolute atomic E-state index is 0.366. The molecule has 1 fully saturated rings. The van der Waals surface area contributed by atoms with Crippen molar-refractivity contribution in [2.45, 2.75) is 53.5 Å². The lowest BCUT2D eigenvalue weighted by Crippen LogP contribution is -2.47. The van der Waals surface area contributed by atoms with Crippen molar-refractivity contribution in [3.05, 3.63) is 88.7 Å². The molecular weight excluding hydrogens is 474 g/mol. The standard InChI is InChI=1S/C33H40ClN3/c1-6-26-10-7-8-13-31(26)36-20-18-35(19-21-36)30-12-9-11-28(22-30)32-24(4)25(5)37(23(2)3)33(32)27-14-16-29(34)17-15-27/h7-9,11-17,22-23,26H,6,10,18-21H2,1-5H3/t26-/m1/s1. The van der Waals surface area contributed by atoms with E-state index in [1.54, 1.807) is 0 Å². The number of rotatable bonds is 6. The highest BCUT2D eigenvalue weighted by molar-refractivity contribution is 6.30. The number of piperazine rings is 1. The molecule has 0 amide bonds. The number of aromatic nitrogens is 1. The number of anilines is 1. The molecule has 2 aliphatic rings. The van der Waals surface area contributed by atoms with Crippen molar-refractivity contribution in [3.63, 3.8) is 0 Å². The quantitative estimate of drug-likeness (QED) is 0.326. The number of halogens is 1. The van der Waals surface area contributed by atoms with Crippen LogP contribution in [-0.4, -0.2) is 35.6 Å². The molecule has 0 bridgehead atoms. The van der Waals surface area contributed by atoms with Gasteiger partial charge in [-0.15, -0.1) is 0 Å². The maximum absolute atomic E-state index is 6.26. The Bertz CT molecular complexity index is 1300. The van der Waals surface area contributed by atoms with Crippen LogP contribution in [0.3, 0.4) is 0 Å². The molecule has 0 unspecified atom stereocenters. The van der Waals surface area contributed by atoms with E-state index < -0.39 is 0 Å². The fraction of sp³-hybridized carbons (Fsp3) is 0.394. The predicted octanol–water partition coefficient (Wildman–Crippen LogP) is 8.67. The van der Waals surface area contributed by atoms with Crippen molar-refractivity contribution in [2.75, 3.05) is 31.1 Å². The summed E-state index contributed by atoms with van der Waals surface area (Å²) in [5.74, 6) is 0.669. The van der Waals surface area contributed by atoms with E-state index in [1.165, 1.54) is 57.9 Å². The first-order chi connectivity index (χ1) is 17.9. The lowest BCUT2D eigenvalue weighted by atomic mass is 9.93. The first kappa shape index (κ1) is 25.7. The van der Waals surface area contributed by atoms with E-state index in [-0.39, 0.29) is 0 Å². The molecule has 1 atom stereocenters. The van der Waals surface area contributed by atoms with Crippen LogP contribution in [0.4, 0.5) is 5.69 Å². The van der Waals surface area contributed by atoms with Crippen LogP contribution in [0.5, 0.6) is 0 Å². The Labute approximate surface area is 228 Å². The molecule has 1 aliphatic carbocycles. The van der Waals surface area contributed by atoms with Crippen LogP contribution in [0.1, 0.15) is 50.9 Å². The SMILES string of the molecule is CC[C@@H]1CC=CC=C1N1CCN(c2cccc(-c3c(C)c(C)n(C(C)C)c3-c3ccc(Cl)cc3)c2)CC1. The number of allylic oxidation sites excluding steroid dienone is 4. The maximum atomic E-state index is 6.26. The Morgan fingerprint density at radius 3 is 2.30 bits per heavy atom. The third kappa shape index (κ3) is 4.99. The molecule has 2 heterocycles. The number of benzene rings is 2. The van der Waals surface area contributed by atoms with Gasteiger partial charge in [0.1, 0.15) is 0 Å². The monoisotopic (exact) mass is 513 g/mol. The fourth-order valence-corrected chi connectivity index (χ4v) is 6.33. The summed E-state index contributed by atoms with van der Waals surface area (Å²) in [4.78, 5) is 5.18. The van der Waals surface area contributed by atoms with Gasteiger partial charge in [-0.1, -0.05) is 54.9 Å². The molecular formula is C33H40ClN3. The summed E-state index contributed by atoms with van der Waals surface area (Å²) in [5, 5.41) is 0.771. The lowest BCUT2D eigenvalue weighted by molar-refractivity contribution is 0.280. The first-order valence-electron chi connectivity index (χ1n) is 13.8. The highest BCUT2D eigenvalue weighted by Gasteiger charge is 2.25. The van der Waals surface area contributed by atoms with E-state index in [4.69, 9.17) is 11.6 Å². The van der Waals surface area contributed by atoms with Crippen LogP contribution in [0.25, 0.3) is 22.4 Å². The van der Waals surface area contributed by atoms with Crippen molar-refractivity contribution >= 4 is 17.3 Å². The third-order valence-corrected chi connectivity index (χ3v) is 8.52. The third-order valence-electron chi connectivity index (χ3n) is 8.27. The minimum Gasteiger partial charge on any atom is -0.371 e. The minimum atomic E-state index is 0.366. The number of nitrogens with zero attached hydrogens (tertiary/aromatic N) is 3. The summed E-state index contributed by atoms with van der Waals surface area (Å²) in [6.45, 7) is 15.6. The van der Waals surface area contributed by atoms with Crippen molar-refractivity contribution < 1.29 is 0 Å². The van der Waals surface area contributed by atoms with Crippen molar-refractivity contribution in [1.29, 1.82) is 0 Å². The molecule has 1 aliphatic heterocycles. The van der Waals surface area contributed by atoms with Gasteiger partial charge < -0.3 is 14.4 Å². The summed E-state index contributed by atoms with van der Waals surface area (Å²) < 4.78 is 2.48. The van der Waals surface area contributed by atoms with Crippen molar-refractivity contribution in [3.8, 4) is 22.4 Å². The highest BCUT2D eigenvalue weighted by atomic mass is 35.5. The zero-order valence-corrected chi connectivity index (χ0v) is 23.7. The summed E-state index contributed by atoms with van der Waals surface area (Å²) >= 11 is 6.26. The number of hydrogen-bond donors (Lipinski definition) is 0. The summed E-state index contributed by atoms with van der Waals surface area (Å²) in [5.41, 5.74) is 10.6. The fourth-order valence-electron chi connectivity index (χ4n) is 6.20. The van der Waals surface area contributed by atoms with Crippen LogP contribution in [0, 0.1) is 19.8 Å². The maximum Gasteiger partial charge on any atom is 0.0567 e. The zero-order valence-electron chi connectivity index (χ0n) is 23.0. The topological polar surface area (TPSA) is 11.4 Å². The largest absolute Gasteiger partial charge is 0.371 e. The predicted molar refractivity (Wildman–Crippen MR) is 160 cm³/mol. The molecule has 2 aromatic carbocycles. The van der Waals surface area contributed by atoms with Gasteiger partial charge in [0.15, 0.2) is 0 Å². The molecule has 4 heteroatoms. The average Bonchev–Trinajstić information content (AvgIpc) is 3.19. The van der Waals surface area contributed by atoms with Crippen molar-refractivity contribution in [2.24, 2.45) is 5.92 Å². The summed E-state index contributed by atoms with van der Waals surface area (Å²) in [6, 6.07) is 17.9. The van der Waals surface area contributed by atoms with Gasteiger partial charge in [0.25, 0.3) is 0 Å². The molecule has 3 aromatic rings. The molecule has 1 saturated heterocycles. The Balaban J connectivity index is 1.46. The van der Waals surface area contributed by atoms with E-state index in [9.17, 15) is 0 Å². The van der Waals surface area contributed by atoms with E-state index in [2.05, 4.69) is 104 Å². The van der Waals surface area contributed by atoms with E-state index in [0.717, 1.165) is 31.2 Å². The molecule has 3 nitrogen and oxygen atoms in total. The molecule has 1 aromatic heterocycles. The second-order valence-electron chi connectivity index (χ2n) is 10.8. The molecule has 0 N–H and O–H groups in total. The van der Waals surface area contributed by atoms with Gasteiger partial charge in [-0.25, -0.2) is 0 Å². The van der Waals surface area contributed by atoms with Crippen LogP contribution in [-0.2, 0) is 0 Å². The van der Waals surface area contributed by atoms with Gasteiger partial charge in [0, 0.05) is 65.8 Å². The zero-order chi connectivity index (χ0) is 26.1. The Morgan fingerprint density at radius 2 is 1.62 bits per heavy atom. The van der Waals surface area contributed by atoms with Crippen molar-refractivity contribution in [1.82, 2.24) is 9.47 Å². The van der Waals surface area contributed by atoms with Gasteiger partial charge in [0.2, 0.25) is 0 Å². The lowest BCUT2D eigenvalue weighted by Gasteiger charge is -2.41.